The Morgan fingerprint density at radius 3 is 2.38 bits per heavy atom. The molecule has 2 amide bonds. The lowest BCUT2D eigenvalue weighted by atomic mass is 9.68. The Hall–Kier alpha value is -1.06. The molecule has 0 radical (unpaired) electrons. The van der Waals surface area contributed by atoms with Crippen LogP contribution in [0.15, 0.2) is 5.10 Å². The maximum Gasteiger partial charge on any atom is 0.332 e. The third kappa shape index (κ3) is 1.81. The molecule has 4 aliphatic rings. The summed E-state index contributed by atoms with van der Waals surface area (Å²) in [6.45, 7) is 0. The van der Waals surface area contributed by atoms with Gasteiger partial charge < -0.3 is 5.73 Å². The van der Waals surface area contributed by atoms with E-state index in [4.69, 9.17) is 5.73 Å². The highest BCUT2D eigenvalue weighted by Gasteiger charge is 2.42. The van der Waals surface area contributed by atoms with Gasteiger partial charge in [0.15, 0.2) is 0 Å². The first kappa shape index (κ1) is 10.1. The fourth-order valence-electron chi connectivity index (χ4n) is 4.15. The van der Waals surface area contributed by atoms with Gasteiger partial charge in [0.1, 0.15) is 0 Å². The van der Waals surface area contributed by atoms with E-state index in [0.717, 1.165) is 24.2 Å². The lowest BCUT2D eigenvalue weighted by Gasteiger charge is -2.37. The third-order valence-electron chi connectivity index (χ3n) is 4.51. The molecule has 4 nitrogen and oxygen atoms in total. The van der Waals surface area contributed by atoms with Crippen molar-refractivity contribution in [1.82, 2.24) is 5.43 Å². The smallest absolute Gasteiger partial charge is 0.332 e. The Kier molecular flexibility index (Phi) is 2.37. The lowest BCUT2D eigenvalue weighted by molar-refractivity contribution is 0.139. The van der Waals surface area contributed by atoms with E-state index in [-0.39, 0.29) is 0 Å². The number of rotatable bonds is 1. The molecule has 0 aliphatic heterocycles. The van der Waals surface area contributed by atoms with E-state index < -0.39 is 6.03 Å². The number of hydrogen-bond donors (Lipinski definition) is 2. The van der Waals surface area contributed by atoms with Gasteiger partial charge in [-0.2, -0.15) is 5.10 Å². The van der Waals surface area contributed by atoms with Gasteiger partial charge in [-0.05, 0) is 62.2 Å². The van der Waals surface area contributed by atoms with Gasteiger partial charge in [0, 0.05) is 5.71 Å². The summed E-state index contributed by atoms with van der Waals surface area (Å²) in [5.41, 5.74) is 8.68. The van der Waals surface area contributed by atoms with E-state index in [1.54, 1.807) is 0 Å². The molecule has 0 aromatic carbocycles. The summed E-state index contributed by atoms with van der Waals surface area (Å²) in [5, 5.41) is 4.23. The molecule has 4 bridgehead atoms. The number of hydrazone groups is 1. The molecule has 4 rings (SSSR count). The van der Waals surface area contributed by atoms with E-state index in [0.29, 0.717) is 5.92 Å². The molecule has 2 unspecified atom stereocenters. The lowest BCUT2D eigenvalue weighted by Crippen LogP contribution is -2.30. The molecular formula is C12H19N3O. The fourth-order valence-corrected chi connectivity index (χ4v) is 4.15. The van der Waals surface area contributed by atoms with Crippen LogP contribution in [-0.2, 0) is 0 Å². The molecule has 4 heteroatoms. The molecule has 3 N–H and O–H groups in total. The monoisotopic (exact) mass is 221 g/mol. The fraction of sp³-hybridized carbons (Fsp3) is 0.833. The van der Waals surface area contributed by atoms with Gasteiger partial charge in [-0.1, -0.05) is 0 Å². The first-order chi connectivity index (χ1) is 7.70. The zero-order chi connectivity index (χ0) is 11.1. The van der Waals surface area contributed by atoms with Gasteiger partial charge in [-0.25, -0.2) is 10.2 Å². The Labute approximate surface area is 95.7 Å². The number of fused-ring (bicyclic) bond motifs is 1. The van der Waals surface area contributed by atoms with Crippen LogP contribution < -0.4 is 11.2 Å². The molecule has 0 heterocycles. The normalized spacial score (nSPS) is 43.4. The summed E-state index contributed by atoms with van der Waals surface area (Å²) >= 11 is 0. The highest BCUT2D eigenvalue weighted by atomic mass is 16.2. The van der Waals surface area contributed by atoms with Crippen molar-refractivity contribution < 1.29 is 4.79 Å². The standard InChI is InChI=1S/C12H19N3O/c13-12(16)15-14-11-6-9-2-7-1-8(3-9)5-10(11)4-7/h7-10H,1-6H2,(H3,13,15,16)/b14-11+/t7-,8+,9?,10?. The van der Waals surface area contributed by atoms with Gasteiger partial charge in [-0.3, -0.25) is 0 Å². The van der Waals surface area contributed by atoms with Crippen LogP contribution in [0.25, 0.3) is 0 Å². The second-order valence-corrected chi connectivity index (χ2v) is 5.76. The zero-order valence-electron chi connectivity index (χ0n) is 9.48. The van der Waals surface area contributed by atoms with Gasteiger partial charge >= 0.3 is 6.03 Å². The highest BCUT2D eigenvalue weighted by molar-refractivity contribution is 5.88. The van der Waals surface area contributed by atoms with E-state index in [1.807, 2.05) is 0 Å². The molecular weight excluding hydrogens is 202 g/mol. The summed E-state index contributed by atoms with van der Waals surface area (Å²) in [6.07, 6.45) is 7.84. The van der Waals surface area contributed by atoms with Crippen LogP contribution >= 0.6 is 0 Å². The van der Waals surface area contributed by atoms with Crippen LogP contribution in [0.2, 0.25) is 0 Å². The van der Waals surface area contributed by atoms with Crippen LogP contribution in [0.4, 0.5) is 4.79 Å². The number of nitrogens with zero attached hydrogens (tertiary/aromatic N) is 1. The Morgan fingerprint density at radius 2 is 1.75 bits per heavy atom. The Bertz CT molecular complexity index is 325. The van der Waals surface area contributed by atoms with Crippen molar-refractivity contribution in [2.24, 2.45) is 34.5 Å². The van der Waals surface area contributed by atoms with Crippen LogP contribution in [0.3, 0.4) is 0 Å². The van der Waals surface area contributed by atoms with Crippen molar-refractivity contribution >= 4 is 11.7 Å². The summed E-state index contributed by atoms with van der Waals surface area (Å²) in [5.74, 6) is 3.26. The Balaban J connectivity index is 1.81. The molecule has 16 heavy (non-hydrogen) atoms. The van der Waals surface area contributed by atoms with Crippen molar-refractivity contribution in [2.75, 3.05) is 0 Å². The van der Waals surface area contributed by atoms with Crippen molar-refractivity contribution in [3.05, 3.63) is 0 Å². The predicted molar refractivity (Wildman–Crippen MR) is 61.8 cm³/mol. The van der Waals surface area contributed by atoms with E-state index in [2.05, 4.69) is 10.5 Å². The topological polar surface area (TPSA) is 67.5 Å². The minimum atomic E-state index is -0.545. The number of carbonyl (C=O) groups excluding carboxylic acids is 1. The van der Waals surface area contributed by atoms with Crippen molar-refractivity contribution in [3.63, 3.8) is 0 Å². The quantitative estimate of drug-likeness (QED) is 0.652. The number of hydrogen-bond acceptors (Lipinski definition) is 2. The average molecular weight is 221 g/mol. The number of urea groups is 1. The molecule has 4 fully saturated rings. The van der Waals surface area contributed by atoms with E-state index in [1.165, 1.54) is 37.8 Å². The van der Waals surface area contributed by atoms with Gasteiger partial charge in [0.25, 0.3) is 0 Å². The SMILES string of the molecule is NC(=O)N/N=C1\CC2C[C@@H]3CC1C[C@H](C2)C3. The van der Waals surface area contributed by atoms with Crippen molar-refractivity contribution in [3.8, 4) is 0 Å². The summed E-state index contributed by atoms with van der Waals surface area (Å²) in [4.78, 5) is 10.7. The average Bonchev–Trinajstić information content (AvgIpc) is 2.39. The highest BCUT2D eigenvalue weighted by Crippen LogP contribution is 2.50. The van der Waals surface area contributed by atoms with Crippen LogP contribution in [0.5, 0.6) is 0 Å². The number of nitrogens with one attached hydrogen (secondary N) is 1. The summed E-state index contributed by atoms with van der Waals surface area (Å²) in [6, 6.07) is -0.545. The third-order valence-corrected chi connectivity index (χ3v) is 4.51. The van der Waals surface area contributed by atoms with Crippen LogP contribution in [0, 0.1) is 23.7 Å². The molecule has 0 saturated heterocycles. The van der Waals surface area contributed by atoms with Crippen molar-refractivity contribution in [2.45, 2.75) is 38.5 Å². The Morgan fingerprint density at radius 1 is 1.12 bits per heavy atom. The van der Waals surface area contributed by atoms with Crippen LogP contribution in [-0.4, -0.2) is 11.7 Å². The van der Waals surface area contributed by atoms with Crippen LogP contribution in [0.1, 0.15) is 38.5 Å². The number of nitrogens with two attached hydrogens (primary N) is 1. The summed E-state index contributed by atoms with van der Waals surface area (Å²) in [7, 11) is 0. The second kappa shape index (κ2) is 3.75. The predicted octanol–water partition coefficient (Wildman–Crippen LogP) is 1.86. The first-order valence-electron chi connectivity index (χ1n) is 6.32. The zero-order valence-corrected chi connectivity index (χ0v) is 9.48. The molecule has 0 spiro atoms. The minimum Gasteiger partial charge on any atom is -0.350 e. The number of primary amides is 1. The first-order valence-corrected chi connectivity index (χ1v) is 6.32. The maximum absolute atomic E-state index is 10.7. The van der Waals surface area contributed by atoms with Crippen molar-refractivity contribution in [1.29, 1.82) is 0 Å². The van der Waals surface area contributed by atoms with Gasteiger partial charge in [0.2, 0.25) is 0 Å². The van der Waals surface area contributed by atoms with Gasteiger partial charge in [0.05, 0.1) is 0 Å². The molecule has 4 atom stereocenters. The maximum atomic E-state index is 10.7. The number of amides is 2. The largest absolute Gasteiger partial charge is 0.350 e. The molecule has 0 aromatic rings. The minimum absolute atomic E-state index is 0.545. The molecule has 0 aromatic heterocycles. The van der Waals surface area contributed by atoms with E-state index in [9.17, 15) is 4.79 Å². The molecule has 4 aliphatic carbocycles. The van der Waals surface area contributed by atoms with E-state index >= 15 is 0 Å². The summed E-state index contributed by atoms with van der Waals surface area (Å²) < 4.78 is 0. The second-order valence-electron chi connectivity index (χ2n) is 5.76. The number of carbonyl (C=O) groups is 1. The molecule has 4 saturated carbocycles. The molecule has 88 valence electrons. The van der Waals surface area contributed by atoms with Gasteiger partial charge in [-0.15, -0.1) is 0 Å².